The van der Waals surface area contributed by atoms with Gasteiger partial charge in [-0.25, -0.2) is 13.6 Å². The van der Waals surface area contributed by atoms with Crippen LogP contribution in [0.4, 0.5) is 13.6 Å². The number of carbonyl (C=O) groups is 1. The Morgan fingerprint density at radius 2 is 2.09 bits per heavy atom. The van der Waals surface area contributed by atoms with Crippen LogP contribution >= 0.6 is 0 Å². The maximum atomic E-state index is 13.8. The van der Waals surface area contributed by atoms with E-state index in [9.17, 15) is 13.6 Å². The van der Waals surface area contributed by atoms with Gasteiger partial charge < -0.3 is 4.74 Å². The number of amides is 1. The van der Waals surface area contributed by atoms with Gasteiger partial charge in [0.2, 0.25) is 0 Å². The number of carbonyl (C=O) groups excluding carboxylic acids is 1. The first-order chi connectivity index (χ1) is 10.2. The second-order valence-corrected chi connectivity index (χ2v) is 6.37. The lowest BCUT2D eigenvalue weighted by Gasteiger charge is -2.28. The Hall–Kier alpha value is -2.16. The van der Waals surface area contributed by atoms with Crippen molar-refractivity contribution in [1.29, 1.82) is 5.26 Å². The number of benzene rings is 1. The highest BCUT2D eigenvalue weighted by molar-refractivity contribution is 5.69. The maximum absolute atomic E-state index is 13.8. The number of rotatable bonds is 1. The molecule has 0 radical (unpaired) electrons. The fraction of sp³-hybridized carbons (Fsp3) is 0.500. The summed E-state index contributed by atoms with van der Waals surface area (Å²) in [7, 11) is 0. The van der Waals surface area contributed by atoms with Crippen LogP contribution in [0.1, 0.15) is 44.4 Å². The average molecular weight is 308 g/mol. The first-order valence-electron chi connectivity index (χ1n) is 7.04. The lowest BCUT2D eigenvalue weighted by Crippen LogP contribution is -2.37. The SMILES string of the molecule is CC(C)(C)OC(=O)N1C[C@@H](F)CC1c1cc(F)cc(C#N)c1. The molecule has 1 fully saturated rings. The van der Waals surface area contributed by atoms with Crippen molar-refractivity contribution in [3.63, 3.8) is 0 Å². The number of hydrogen-bond donors (Lipinski definition) is 0. The Balaban J connectivity index is 2.30. The summed E-state index contributed by atoms with van der Waals surface area (Å²) < 4.78 is 32.6. The van der Waals surface area contributed by atoms with E-state index in [4.69, 9.17) is 10.00 Å². The molecule has 1 unspecified atom stereocenters. The molecular formula is C16H18F2N2O2. The number of alkyl halides is 1. The molecule has 4 nitrogen and oxygen atoms in total. The molecule has 118 valence electrons. The van der Waals surface area contributed by atoms with Crippen molar-refractivity contribution in [1.82, 2.24) is 4.90 Å². The molecule has 1 aromatic rings. The second-order valence-electron chi connectivity index (χ2n) is 6.37. The molecule has 1 aromatic carbocycles. The number of ether oxygens (including phenoxy) is 1. The van der Waals surface area contributed by atoms with Gasteiger partial charge in [-0.3, -0.25) is 4.90 Å². The average Bonchev–Trinajstić information content (AvgIpc) is 2.78. The molecule has 6 heteroatoms. The smallest absolute Gasteiger partial charge is 0.410 e. The molecule has 0 N–H and O–H groups in total. The van der Waals surface area contributed by atoms with Crippen molar-refractivity contribution in [2.24, 2.45) is 0 Å². The van der Waals surface area contributed by atoms with E-state index in [0.717, 1.165) is 6.07 Å². The van der Waals surface area contributed by atoms with E-state index in [-0.39, 0.29) is 18.5 Å². The van der Waals surface area contributed by atoms with Gasteiger partial charge in [0, 0.05) is 6.42 Å². The number of nitrogens with zero attached hydrogens (tertiary/aromatic N) is 2. The van der Waals surface area contributed by atoms with Crippen molar-refractivity contribution in [3.05, 3.63) is 35.1 Å². The fourth-order valence-electron chi connectivity index (χ4n) is 2.49. The van der Waals surface area contributed by atoms with Gasteiger partial charge in [-0.05, 0) is 44.5 Å². The van der Waals surface area contributed by atoms with E-state index in [1.54, 1.807) is 20.8 Å². The van der Waals surface area contributed by atoms with Gasteiger partial charge in [-0.1, -0.05) is 0 Å². The molecule has 2 atom stereocenters. The van der Waals surface area contributed by atoms with Crippen molar-refractivity contribution < 1.29 is 18.3 Å². The minimum Gasteiger partial charge on any atom is -0.444 e. The molecular weight excluding hydrogens is 290 g/mol. The molecule has 0 spiro atoms. The molecule has 1 aliphatic heterocycles. The summed E-state index contributed by atoms with van der Waals surface area (Å²) in [4.78, 5) is 13.5. The van der Waals surface area contributed by atoms with Gasteiger partial charge >= 0.3 is 6.09 Å². The molecule has 1 saturated heterocycles. The van der Waals surface area contributed by atoms with Gasteiger partial charge in [0.15, 0.2) is 0 Å². The standard InChI is InChI=1S/C16H18F2N2O2/c1-16(2,3)22-15(21)20-9-13(18)7-14(20)11-4-10(8-19)5-12(17)6-11/h4-6,13-14H,7,9H2,1-3H3/t13-,14?/m0/s1. The number of halogens is 2. The highest BCUT2D eigenvalue weighted by Gasteiger charge is 2.38. The molecule has 1 heterocycles. The Labute approximate surface area is 128 Å². The normalized spacial score (nSPS) is 21.5. The molecule has 1 aliphatic rings. The third-order valence-corrected chi connectivity index (χ3v) is 3.31. The molecule has 2 rings (SSSR count). The van der Waals surface area contributed by atoms with Crippen LogP contribution in [0.2, 0.25) is 0 Å². The Morgan fingerprint density at radius 3 is 2.68 bits per heavy atom. The van der Waals surface area contributed by atoms with Crippen molar-refractivity contribution in [2.75, 3.05) is 6.54 Å². The van der Waals surface area contributed by atoms with Crippen LogP contribution in [0.15, 0.2) is 18.2 Å². The minimum absolute atomic E-state index is 0.0631. The first kappa shape index (κ1) is 16.2. The summed E-state index contributed by atoms with van der Waals surface area (Å²) in [5, 5.41) is 8.91. The number of likely N-dealkylation sites (tertiary alicyclic amines) is 1. The zero-order valence-electron chi connectivity index (χ0n) is 12.8. The Bertz CT molecular complexity index is 620. The molecule has 0 aromatic heterocycles. The lowest BCUT2D eigenvalue weighted by atomic mass is 10.0. The predicted octanol–water partition coefficient (Wildman–Crippen LogP) is 3.72. The second kappa shape index (κ2) is 5.91. The Kier molecular flexibility index (Phi) is 4.36. The van der Waals surface area contributed by atoms with Crippen LogP contribution in [0.3, 0.4) is 0 Å². The van der Waals surface area contributed by atoms with E-state index in [0.29, 0.717) is 5.56 Å². The quantitative estimate of drug-likeness (QED) is 0.794. The summed E-state index contributed by atoms with van der Waals surface area (Å²) in [6.07, 6.45) is -1.78. The number of hydrogen-bond acceptors (Lipinski definition) is 3. The molecule has 0 bridgehead atoms. The van der Waals surface area contributed by atoms with E-state index in [1.165, 1.54) is 17.0 Å². The summed E-state index contributed by atoms with van der Waals surface area (Å²) in [6, 6.07) is 5.02. The van der Waals surface area contributed by atoms with Crippen molar-refractivity contribution >= 4 is 6.09 Å². The summed E-state index contributed by atoms with van der Waals surface area (Å²) >= 11 is 0. The van der Waals surface area contributed by atoms with Gasteiger partial charge in [0.1, 0.15) is 17.6 Å². The van der Waals surface area contributed by atoms with Crippen LogP contribution in [0.5, 0.6) is 0 Å². The highest BCUT2D eigenvalue weighted by atomic mass is 19.1. The van der Waals surface area contributed by atoms with E-state index in [2.05, 4.69) is 0 Å². The Morgan fingerprint density at radius 1 is 1.41 bits per heavy atom. The largest absolute Gasteiger partial charge is 0.444 e. The van der Waals surface area contributed by atoms with Crippen molar-refractivity contribution in [2.45, 2.75) is 45.0 Å². The van der Waals surface area contributed by atoms with Crippen LogP contribution < -0.4 is 0 Å². The summed E-state index contributed by atoms with van der Waals surface area (Å²) in [5.74, 6) is -0.583. The number of nitriles is 1. The fourth-order valence-corrected chi connectivity index (χ4v) is 2.49. The lowest BCUT2D eigenvalue weighted by molar-refractivity contribution is 0.0216. The molecule has 1 amide bonds. The minimum atomic E-state index is -1.20. The van der Waals surface area contributed by atoms with Gasteiger partial charge in [0.05, 0.1) is 24.2 Å². The van der Waals surface area contributed by atoms with E-state index < -0.39 is 29.7 Å². The van der Waals surface area contributed by atoms with E-state index >= 15 is 0 Å². The topological polar surface area (TPSA) is 53.3 Å². The van der Waals surface area contributed by atoms with Gasteiger partial charge in [-0.2, -0.15) is 5.26 Å². The first-order valence-corrected chi connectivity index (χ1v) is 7.04. The summed E-state index contributed by atoms with van der Waals surface area (Å²) in [6.45, 7) is 5.06. The van der Waals surface area contributed by atoms with E-state index in [1.807, 2.05) is 6.07 Å². The third kappa shape index (κ3) is 3.73. The molecule has 0 saturated carbocycles. The molecule has 22 heavy (non-hydrogen) atoms. The van der Waals surface area contributed by atoms with Crippen LogP contribution in [0.25, 0.3) is 0 Å². The zero-order valence-corrected chi connectivity index (χ0v) is 12.8. The third-order valence-electron chi connectivity index (χ3n) is 3.31. The maximum Gasteiger partial charge on any atom is 0.410 e. The monoisotopic (exact) mass is 308 g/mol. The summed E-state index contributed by atoms with van der Waals surface area (Å²) in [5.41, 5.74) is -0.153. The van der Waals surface area contributed by atoms with Gasteiger partial charge in [-0.15, -0.1) is 0 Å². The molecule has 0 aliphatic carbocycles. The highest BCUT2D eigenvalue weighted by Crippen LogP contribution is 2.35. The van der Waals surface area contributed by atoms with Gasteiger partial charge in [0.25, 0.3) is 0 Å². The van der Waals surface area contributed by atoms with Crippen molar-refractivity contribution in [3.8, 4) is 6.07 Å². The van der Waals surface area contributed by atoms with Crippen LogP contribution in [-0.2, 0) is 4.74 Å². The zero-order chi connectivity index (χ0) is 16.5. The van der Waals surface area contributed by atoms with Crippen LogP contribution in [-0.4, -0.2) is 29.3 Å². The predicted molar refractivity (Wildman–Crippen MR) is 76.3 cm³/mol. The van der Waals surface area contributed by atoms with Crippen LogP contribution in [0, 0.1) is 17.1 Å².